The van der Waals surface area contributed by atoms with E-state index in [0.29, 0.717) is 6.04 Å². The third-order valence-electron chi connectivity index (χ3n) is 3.85. The number of hydrogen-bond donors (Lipinski definition) is 2. The van der Waals surface area contributed by atoms with Gasteiger partial charge in [-0.2, -0.15) is 0 Å². The zero-order valence-corrected chi connectivity index (χ0v) is 12.7. The van der Waals surface area contributed by atoms with Crippen LogP contribution in [0.3, 0.4) is 0 Å². The van der Waals surface area contributed by atoms with Gasteiger partial charge in [-0.05, 0) is 32.4 Å². The molecular formula is C15H27N5. The molecule has 1 aliphatic heterocycles. The van der Waals surface area contributed by atoms with Crippen LogP contribution in [0.25, 0.3) is 0 Å². The van der Waals surface area contributed by atoms with Gasteiger partial charge in [-0.1, -0.05) is 13.8 Å². The van der Waals surface area contributed by atoms with Gasteiger partial charge in [0, 0.05) is 43.6 Å². The molecule has 0 unspecified atom stereocenters. The smallest absolute Gasteiger partial charge is 0.222 e. The molecule has 0 amide bonds. The minimum atomic E-state index is 0.700. The summed E-state index contributed by atoms with van der Waals surface area (Å²) in [7, 11) is 0. The number of rotatable bonds is 8. The molecule has 1 saturated heterocycles. The van der Waals surface area contributed by atoms with Crippen LogP contribution in [-0.2, 0) is 6.54 Å². The highest BCUT2D eigenvalue weighted by Gasteiger charge is 2.21. The third-order valence-corrected chi connectivity index (χ3v) is 3.85. The summed E-state index contributed by atoms with van der Waals surface area (Å²) in [5.74, 6) is 0.726. The highest BCUT2D eigenvalue weighted by atomic mass is 15.2. The maximum absolute atomic E-state index is 4.33. The number of likely N-dealkylation sites (tertiary alicyclic amines) is 1. The second kappa shape index (κ2) is 8.17. The molecule has 2 heterocycles. The Morgan fingerprint density at radius 2 is 2.10 bits per heavy atom. The number of nitrogens with one attached hydrogen (secondary N) is 2. The van der Waals surface area contributed by atoms with Crippen molar-refractivity contribution in [2.45, 2.75) is 45.7 Å². The third kappa shape index (κ3) is 4.42. The van der Waals surface area contributed by atoms with E-state index in [9.17, 15) is 0 Å². The lowest BCUT2D eigenvalue weighted by Gasteiger charge is -2.22. The van der Waals surface area contributed by atoms with Crippen molar-refractivity contribution in [3.63, 3.8) is 0 Å². The molecule has 0 bridgehead atoms. The molecule has 5 heteroatoms. The maximum atomic E-state index is 4.33. The molecule has 0 aliphatic carbocycles. The van der Waals surface area contributed by atoms with Crippen LogP contribution in [0.5, 0.6) is 0 Å². The van der Waals surface area contributed by atoms with Gasteiger partial charge in [0.1, 0.15) is 0 Å². The first-order chi connectivity index (χ1) is 9.83. The molecule has 0 spiro atoms. The first kappa shape index (κ1) is 15.2. The van der Waals surface area contributed by atoms with Gasteiger partial charge >= 0.3 is 0 Å². The Bertz CT molecular complexity index is 378. The zero-order valence-electron chi connectivity index (χ0n) is 12.7. The van der Waals surface area contributed by atoms with E-state index in [1.165, 1.54) is 19.4 Å². The van der Waals surface area contributed by atoms with E-state index in [2.05, 4.69) is 39.3 Å². The molecular weight excluding hydrogens is 250 g/mol. The second-order valence-electron chi connectivity index (χ2n) is 5.40. The lowest BCUT2D eigenvalue weighted by atomic mass is 10.2. The highest BCUT2D eigenvalue weighted by molar-refractivity contribution is 5.24. The van der Waals surface area contributed by atoms with Crippen LogP contribution in [0, 0.1) is 0 Å². The normalized spacial score (nSPS) is 19.4. The molecule has 1 atom stereocenters. The minimum absolute atomic E-state index is 0.700. The molecule has 1 aliphatic rings. The maximum Gasteiger partial charge on any atom is 0.222 e. The summed E-state index contributed by atoms with van der Waals surface area (Å²) in [6.07, 6.45) is 7.55. The van der Waals surface area contributed by atoms with Gasteiger partial charge in [0.25, 0.3) is 0 Å². The van der Waals surface area contributed by atoms with E-state index in [-0.39, 0.29) is 0 Å². The quantitative estimate of drug-likeness (QED) is 0.760. The topological polar surface area (TPSA) is 53.1 Å². The van der Waals surface area contributed by atoms with Crippen molar-refractivity contribution in [3.8, 4) is 0 Å². The average Bonchev–Trinajstić information content (AvgIpc) is 2.94. The van der Waals surface area contributed by atoms with Gasteiger partial charge in [0.15, 0.2) is 0 Å². The number of anilines is 1. The summed E-state index contributed by atoms with van der Waals surface area (Å²) in [5.41, 5.74) is 1.15. The van der Waals surface area contributed by atoms with Crippen LogP contribution in [0.2, 0.25) is 0 Å². The number of aromatic nitrogens is 2. The Balaban J connectivity index is 1.71. The van der Waals surface area contributed by atoms with Crippen molar-refractivity contribution in [1.82, 2.24) is 20.2 Å². The minimum Gasteiger partial charge on any atom is -0.354 e. The van der Waals surface area contributed by atoms with Gasteiger partial charge in [0.05, 0.1) is 0 Å². The van der Waals surface area contributed by atoms with E-state index in [1.54, 1.807) is 0 Å². The Morgan fingerprint density at radius 1 is 1.30 bits per heavy atom. The number of likely N-dealkylation sites (N-methyl/N-ethyl adjacent to an activating group) is 1. The van der Waals surface area contributed by atoms with E-state index in [0.717, 1.165) is 44.1 Å². The van der Waals surface area contributed by atoms with E-state index in [4.69, 9.17) is 0 Å². The average molecular weight is 277 g/mol. The SMILES string of the molecule is CCCNc1ncc(CNC[C@@H]2CCCN2CC)cn1. The van der Waals surface area contributed by atoms with Gasteiger partial charge in [-0.25, -0.2) is 9.97 Å². The van der Waals surface area contributed by atoms with Crippen molar-refractivity contribution >= 4 is 5.95 Å². The monoisotopic (exact) mass is 277 g/mol. The molecule has 1 aromatic rings. The van der Waals surface area contributed by atoms with Crippen molar-refractivity contribution in [2.75, 3.05) is 31.5 Å². The van der Waals surface area contributed by atoms with Crippen molar-refractivity contribution in [3.05, 3.63) is 18.0 Å². The van der Waals surface area contributed by atoms with Crippen molar-refractivity contribution in [2.24, 2.45) is 0 Å². The highest BCUT2D eigenvalue weighted by Crippen LogP contribution is 2.15. The van der Waals surface area contributed by atoms with E-state index >= 15 is 0 Å². The molecule has 112 valence electrons. The van der Waals surface area contributed by atoms with Gasteiger partial charge < -0.3 is 10.6 Å². The molecule has 1 fully saturated rings. The van der Waals surface area contributed by atoms with Crippen LogP contribution in [0.4, 0.5) is 5.95 Å². The van der Waals surface area contributed by atoms with E-state index in [1.807, 2.05) is 12.4 Å². The largest absolute Gasteiger partial charge is 0.354 e. The summed E-state index contributed by atoms with van der Waals surface area (Å²) >= 11 is 0. The fourth-order valence-corrected chi connectivity index (χ4v) is 2.70. The van der Waals surface area contributed by atoms with Crippen LogP contribution < -0.4 is 10.6 Å². The molecule has 20 heavy (non-hydrogen) atoms. The second-order valence-corrected chi connectivity index (χ2v) is 5.40. The van der Waals surface area contributed by atoms with Crippen LogP contribution >= 0.6 is 0 Å². The van der Waals surface area contributed by atoms with Crippen LogP contribution in [0.15, 0.2) is 12.4 Å². The molecule has 2 N–H and O–H groups in total. The lowest BCUT2D eigenvalue weighted by molar-refractivity contribution is 0.260. The summed E-state index contributed by atoms with van der Waals surface area (Å²) in [4.78, 5) is 11.2. The molecule has 2 rings (SSSR count). The molecule has 0 aromatic carbocycles. The number of nitrogens with zero attached hydrogens (tertiary/aromatic N) is 3. The standard InChI is InChI=1S/C15H27N5/c1-3-7-17-15-18-10-13(11-19-15)9-16-12-14-6-5-8-20(14)4-2/h10-11,14,16H,3-9,12H2,1-2H3,(H,17,18,19)/t14-/m0/s1. The summed E-state index contributed by atoms with van der Waals surface area (Å²) < 4.78 is 0. The van der Waals surface area contributed by atoms with Gasteiger partial charge in [0.2, 0.25) is 5.95 Å². The molecule has 0 saturated carbocycles. The summed E-state index contributed by atoms with van der Waals surface area (Å²) in [6.45, 7) is 9.62. The first-order valence-electron chi connectivity index (χ1n) is 7.83. The predicted octanol–water partition coefficient (Wildman–Crippen LogP) is 1.87. The summed E-state index contributed by atoms with van der Waals surface area (Å²) in [5, 5.41) is 6.71. The fourth-order valence-electron chi connectivity index (χ4n) is 2.70. The fraction of sp³-hybridized carbons (Fsp3) is 0.733. The Hall–Kier alpha value is -1.20. The van der Waals surface area contributed by atoms with Crippen LogP contribution in [-0.4, -0.2) is 47.1 Å². The van der Waals surface area contributed by atoms with Gasteiger partial charge in [-0.15, -0.1) is 0 Å². The Labute approximate surface area is 122 Å². The Kier molecular flexibility index (Phi) is 6.21. The zero-order chi connectivity index (χ0) is 14.2. The van der Waals surface area contributed by atoms with Crippen molar-refractivity contribution < 1.29 is 0 Å². The lowest BCUT2D eigenvalue weighted by Crippen LogP contribution is -2.37. The summed E-state index contributed by atoms with van der Waals surface area (Å²) in [6, 6.07) is 0.700. The molecule has 1 aromatic heterocycles. The van der Waals surface area contributed by atoms with Crippen LogP contribution in [0.1, 0.15) is 38.7 Å². The molecule has 0 radical (unpaired) electrons. The first-order valence-corrected chi connectivity index (χ1v) is 7.83. The van der Waals surface area contributed by atoms with Crippen molar-refractivity contribution in [1.29, 1.82) is 0 Å². The molecule has 5 nitrogen and oxygen atoms in total. The van der Waals surface area contributed by atoms with E-state index < -0.39 is 0 Å². The predicted molar refractivity (Wildman–Crippen MR) is 82.8 cm³/mol. The van der Waals surface area contributed by atoms with Gasteiger partial charge in [-0.3, -0.25) is 4.90 Å². The number of hydrogen-bond acceptors (Lipinski definition) is 5. The Morgan fingerprint density at radius 3 is 2.80 bits per heavy atom.